The van der Waals surface area contributed by atoms with E-state index in [2.05, 4.69) is 26.8 Å². The summed E-state index contributed by atoms with van der Waals surface area (Å²) in [4.78, 5) is 2.36. The van der Waals surface area contributed by atoms with Crippen molar-refractivity contribution in [1.82, 2.24) is 0 Å². The van der Waals surface area contributed by atoms with Gasteiger partial charge >= 0.3 is 0 Å². The molecule has 19 heavy (non-hydrogen) atoms. The average molecular weight is 297 g/mol. The van der Waals surface area contributed by atoms with Crippen molar-refractivity contribution in [3.05, 3.63) is 57.0 Å². The minimum atomic E-state index is -0.281. The first-order valence-electron chi connectivity index (χ1n) is 6.29. The Morgan fingerprint density at radius 1 is 1.16 bits per heavy atom. The molecule has 0 amide bonds. The van der Waals surface area contributed by atoms with Crippen molar-refractivity contribution in [3.63, 3.8) is 0 Å². The van der Waals surface area contributed by atoms with E-state index in [4.69, 9.17) is 11.6 Å². The number of aryl methyl sites for hydroxylation is 1. The first-order chi connectivity index (χ1) is 8.79. The molecule has 0 N–H and O–H groups in total. The normalized spacial score (nSPS) is 13.6. The molecule has 0 aliphatic rings. The van der Waals surface area contributed by atoms with Crippen molar-refractivity contribution in [3.8, 4) is 0 Å². The Labute approximate surface area is 123 Å². The SMILES string of the molecule is Cc1ccc(F)cc1C(Cl)c1ccc(C(C)(C)C)s1. The van der Waals surface area contributed by atoms with Crippen LogP contribution in [0, 0.1) is 12.7 Å². The van der Waals surface area contributed by atoms with Crippen molar-refractivity contribution in [2.24, 2.45) is 0 Å². The summed E-state index contributed by atoms with van der Waals surface area (Å²) in [7, 11) is 0. The Balaban J connectivity index is 2.36. The van der Waals surface area contributed by atoms with Gasteiger partial charge in [0, 0.05) is 9.75 Å². The smallest absolute Gasteiger partial charge is 0.123 e. The summed E-state index contributed by atoms with van der Waals surface area (Å²) in [6, 6.07) is 8.94. The van der Waals surface area contributed by atoms with Crippen LogP contribution in [0.1, 0.15) is 47.0 Å². The number of rotatable bonds is 2. The largest absolute Gasteiger partial charge is 0.207 e. The standard InChI is InChI=1S/C16H18ClFS/c1-10-5-6-11(18)9-12(10)15(17)13-7-8-14(19-13)16(2,3)4/h5-9,15H,1-4H3. The lowest BCUT2D eigenvalue weighted by Crippen LogP contribution is -2.07. The number of halogens is 2. The van der Waals surface area contributed by atoms with Crippen molar-refractivity contribution < 1.29 is 4.39 Å². The van der Waals surface area contributed by atoms with Crippen LogP contribution in [-0.2, 0) is 5.41 Å². The van der Waals surface area contributed by atoms with E-state index in [1.165, 1.54) is 17.0 Å². The van der Waals surface area contributed by atoms with Gasteiger partial charge < -0.3 is 0 Å². The van der Waals surface area contributed by atoms with Crippen LogP contribution in [0.2, 0.25) is 0 Å². The van der Waals surface area contributed by atoms with Gasteiger partial charge in [-0.2, -0.15) is 0 Å². The Morgan fingerprint density at radius 3 is 2.42 bits per heavy atom. The van der Waals surface area contributed by atoms with E-state index >= 15 is 0 Å². The highest BCUT2D eigenvalue weighted by atomic mass is 35.5. The molecule has 3 heteroatoms. The van der Waals surface area contributed by atoms with Crippen LogP contribution in [0.3, 0.4) is 0 Å². The second-order valence-electron chi connectivity index (χ2n) is 5.82. The summed E-state index contributed by atoms with van der Waals surface area (Å²) in [6.07, 6.45) is 0. The number of hydrogen-bond donors (Lipinski definition) is 0. The molecule has 0 bridgehead atoms. The highest BCUT2D eigenvalue weighted by Crippen LogP contribution is 2.38. The highest BCUT2D eigenvalue weighted by Gasteiger charge is 2.20. The van der Waals surface area contributed by atoms with Crippen molar-refractivity contribution in [2.45, 2.75) is 38.5 Å². The lowest BCUT2D eigenvalue weighted by atomic mass is 9.95. The summed E-state index contributed by atoms with van der Waals surface area (Å²) in [5.41, 5.74) is 1.99. The summed E-state index contributed by atoms with van der Waals surface area (Å²) < 4.78 is 13.4. The highest BCUT2D eigenvalue weighted by molar-refractivity contribution is 7.12. The Morgan fingerprint density at radius 2 is 1.84 bits per heavy atom. The van der Waals surface area contributed by atoms with E-state index in [0.717, 1.165) is 16.0 Å². The molecule has 0 radical (unpaired) electrons. The molecule has 0 nitrogen and oxygen atoms in total. The van der Waals surface area contributed by atoms with Crippen molar-refractivity contribution >= 4 is 22.9 Å². The number of benzene rings is 1. The first kappa shape index (κ1) is 14.5. The van der Waals surface area contributed by atoms with Crippen molar-refractivity contribution in [1.29, 1.82) is 0 Å². The maximum atomic E-state index is 13.4. The quantitative estimate of drug-likeness (QED) is 0.612. The Hall–Kier alpha value is -0.860. The molecule has 1 aromatic carbocycles. The topological polar surface area (TPSA) is 0 Å². The molecule has 2 rings (SSSR count). The second-order valence-corrected chi connectivity index (χ2v) is 7.37. The predicted octanol–water partition coefficient (Wildman–Crippen LogP) is 5.82. The summed E-state index contributed by atoms with van der Waals surface area (Å²) in [5.74, 6) is -0.237. The monoisotopic (exact) mass is 296 g/mol. The van der Waals surface area contributed by atoms with Gasteiger partial charge in [0.25, 0.3) is 0 Å². The third-order valence-electron chi connectivity index (χ3n) is 3.13. The summed E-state index contributed by atoms with van der Waals surface area (Å²) in [6.45, 7) is 8.50. The summed E-state index contributed by atoms with van der Waals surface area (Å²) >= 11 is 8.22. The lowest BCUT2D eigenvalue weighted by Gasteiger charge is -2.16. The molecule has 0 aliphatic carbocycles. The molecule has 2 aromatic rings. The van der Waals surface area contributed by atoms with Gasteiger partial charge in [0.15, 0.2) is 0 Å². The molecule has 0 spiro atoms. The van der Waals surface area contributed by atoms with E-state index in [-0.39, 0.29) is 16.6 Å². The molecule has 1 aromatic heterocycles. The fraction of sp³-hybridized carbons (Fsp3) is 0.375. The fourth-order valence-corrected chi connectivity index (χ4v) is 3.43. The van der Waals surface area contributed by atoms with Crippen LogP contribution in [0.15, 0.2) is 30.3 Å². The molecular weight excluding hydrogens is 279 g/mol. The third kappa shape index (κ3) is 3.18. The van der Waals surface area contributed by atoms with Gasteiger partial charge in [0.2, 0.25) is 0 Å². The Kier molecular flexibility index (Phi) is 4.03. The van der Waals surface area contributed by atoms with E-state index in [1.807, 2.05) is 13.0 Å². The third-order valence-corrected chi connectivity index (χ3v) is 5.31. The van der Waals surface area contributed by atoms with Crippen LogP contribution >= 0.6 is 22.9 Å². The van der Waals surface area contributed by atoms with Crippen LogP contribution in [0.25, 0.3) is 0 Å². The molecule has 1 heterocycles. The van der Waals surface area contributed by atoms with E-state index in [9.17, 15) is 4.39 Å². The number of alkyl halides is 1. The molecule has 1 unspecified atom stereocenters. The molecule has 0 aliphatic heterocycles. The minimum Gasteiger partial charge on any atom is -0.207 e. The maximum Gasteiger partial charge on any atom is 0.123 e. The summed E-state index contributed by atoms with van der Waals surface area (Å²) in [5, 5.41) is -0.281. The van der Waals surface area contributed by atoms with Gasteiger partial charge in [0.1, 0.15) is 5.82 Å². The zero-order valence-corrected chi connectivity index (χ0v) is 13.2. The minimum absolute atomic E-state index is 0.122. The second kappa shape index (κ2) is 5.26. The van der Waals surface area contributed by atoms with Crippen LogP contribution in [-0.4, -0.2) is 0 Å². The van der Waals surface area contributed by atoms with Gasteiger partial charge in [-0.15, -0.1) is 22.9 Å². The average Bonchev–Trinajstić information content (AvgIpc) is 2.80. The van der Waals surface area contributed by atoms with Crippen LogP contribution in [0.4, 0.5) is 4.39 Å². The molecule has 102 valence electrons. The zero-order valence-electron chi connectivity index (χ0n) is 11.6. The lowest BCUT2D eigenvalue weighted by molar-refractivity contribution is 0.604. The Bertz CT molecular complexity index is 581. The molecule has 0 fully saturated rings. The molecular formula is C16H18ClFS. The van der Waals surface area contributed by atoms with Crippen molar-refractivity contribution in [2.75, 3.05) is 0 Å². The number of hydrogen-bond acceptors (Lipinski definition) is 1. The maximum absolute atomic E-state index is 13.4. The fourth-order valence-electron chi connectivity index (χ4n) is 1.93. The molecule has 0 saturated carbocycles. The van der Waals surface area contributed by atoms with Gasteiger partial charge in [-0.1, -0.05) is 26.8 Å². The van der Waals surface area contributed by atoms with Gasteiger partial charge in [0.05, 0.1) is 5.38 Å². The van der Waals surface area contributed by atoms with Gasteiger partial charge in [-0.05, 0) is 47.7 Å². The zero-order chi connectivity index (χ0) is 14.2. The molecule has 0 saturated heterocycles. The van der Waals surface area contributed by atoms with Crippen LogP contribution in [0.5, 0.6) is 0 Å². The molecule has 1 atom stereocenters. The van der Waals surface area contributed by atoms with Crippen LogP contribution < -0.4 is 0 Å². The first-order valence-corrected chi connectivity index (χ1v) is 7.54. The van der Waals surface area contributed by atoms with Gasteiger partial charge in [-0.3, -0.25) is 0 Å². The predicted molar refractivity (Wildman–Crippen MR) is 81.9 cm³/mol. The van der Waals surface area contributed by atoms with E-state index in [1.54, 1.807) is 17.4 Å². The van der Waals surface area contributed by atoms with E-state index < -0.39 is 0 Å². The number of thiophene rings is 1. The van der Waals surface area contributed by atoms with E-state index in [0.29, 0.717) is 0 Å². The van der Waals surface area contributed by atoms with Gasteiger partial charge in [-0.25, -0.2) is 4.39 Å².